The predicted octanol–water partition coefficient (Wildman–Crippen LogP) is 8.92. The molecule has 1 fully saturated rings. The standard InChI is InChI=1S/C42H50FN3O5/c1-27-35(37(45-22-20-42(6,7)21-23-45)36(28(2)44-27)38(40(48)49)51-41(3,4)5)31-16-12-29(13-17-31)25-46(26-30-14-18-33(43)19-15-30)39(47)32-10-9-11-34(24-32)50-8/h9-19,24,38H,20-23,25-26H2,1-8H3,(H,48,49). The fourth-order valence-electron chi connectivity index (χ4n) is 6.70. The van der Waals surface area contributed by atoms with Crippen LogP contribution < -0.4 is 9.64 Å². The Morgan fingerprint density at radius 1 is 0.941 bits per heavy atom. The van der Waals surface area contributed by atoms with Crippen molar-refractivity contribution < 1.29 is 28.6 Å². The number of carbonyl (C=O) groups excluding carboxylic acids is 1. The Kier molecular flexibility index (Phi) is 11.2. The fourth-order valence-corrected chi connectivity index (χ4v) is 6.70. The number of amides is 1. The number of aryl methyl sites for hydroxylation is 2. The molecule has 9 heteroatoms. The monoisotopic (exact) mass is 695 g/mol. The van der Waals surface area contributed by atoms with Crippen molar-refractivity contribution in [2.45, 2.75) is 86.1 Å². The molecule has 3 aromatic carbocycles. The van der Waals surface area contributed by atoms with Crippen molar-refractivity contribution in [3.8, 4) is 16.9 Å². The number of carboxylic acid groups (broad SMARTS) is 1. The number of hydrogen-bond acceptors (Lipinski definition) is 6. The molecule has 270 valence electrons. The van der Waals surface area contributed by atoms with Gasteiger partial charge in [0.2, 0.25) is 0 Å². The zero-order valence-corrected chi connectivity index (χ0v) is 31.0. The largest absolute Gasteiger partial charge is 0.497 e. The van der Waals surface area contributed by atoms with Crippen LogP contribution in [-0.4, -0.2) is 52.7 Å². The lowest BCUT2D eigenvalue weighted by atomic mass is 9.81. The van der Waals surface area contributed by atoms with Crippen molar-refractivity contribution in [3.63, 3.8) is 0 Å². The van der Waals surface area contributed by atoms with Crippen LogP contribution >= 0.6 is 0 Å². The SMILES string of the molecule is COc1cccc(C(=O)N(Cc2ccc(F)cc2)Cc2ccc(-c3c(C)nc(C)c(C(OC(C)(C)C)C(=O)O)c3N3CCC(C)(C)CC3)cc2)c1. The number of hydrogen-bond donors (Lipinski definition) is 1. The smallest absolute Gasteiger partial charge is 0.337 e. The van der Waals surface area contributed by atoms with Crippen LogP contribution in [0, 0.1) is 25.1 Å². The maximum Gasteiger partial charge on any atom is 0.337 e. The number of ether oxygens (including phenoxy) is 2. The van der Waals surface area contributed by atoms with Crippen molar-refractivity contribution in [1.29, 1.82) is 0 Å². The van der Waals surface area contributed by atoms with Gasteiger partial charge in [-0.25, -0.2) is 9.18 Å². The highest BCUT2D eigenvalue weighted by Gasteiger charge is 2.36. The molecule has 8 nitrogen and oxygen atoms in total. The number of aliphatic carboxylic acids is 1. The van der Waals surface area contributed by atoms with Crippen LogP contribution in [-0.2, 0) is 22.6 Å². The number of halogens is 1. The number of pyridine rings is 1. The lowest BCUT2D eigenvalue weighted by Gasteiger charge is -2.41. The Labute approximate surface area is 301 Å². The van der Waals surface area contributed by atoms with Crippen LogP contribution in [0.3, 0.4) is 0 Å². The Balaban J connectivity index is 1.56. The Morgan fingerprint density at radius 3 is 2.08 bits per heavy atom. The molecule has 0 aliphatic carbocycles. The van der Waals surface area contributed by atoms with Gasteiger partial charge in [0.05, 0.1) is 18.4 Å². The summed E-state index contributed by atoms with van der Waals surface area (Å²) in [4.78, 5) is 35.7. The molecule has 1 atom stereocenters. The first-order valence-corrected chi connectivity index (χ1v) is 17.5. The molecule has 0 saturated carbocycles. The molecule has 0 bridgehead atoms. The summed E-state index contributed by atoms with van der Waals surface area (Å²) in [5, 5.41) is 10.5. The molecule has 0 spiro atoms. The second kappa shape index (κ2) is 15.2. The van der Waals surface area contributed by atoms with Crippen LogP contribution in [0.5, 0.6) is 5.75 Å². The maximum absolute atomic E-state index is 13.9. The molecule has 0 radical (unpaired) electrons. The summed E-state index contributed by atoms with van der Waals surface area (Å²) in [6, 6.07) is 21.2. The topological polar surface area (TPSA) is 92.2 Å². The molecule has 4 aromatic rings. The van der Waals surface area contributed by atoms with E-state index in [4.69, 9.17) is 14.5 Å². The highest BCUT2D eigenvalue weighted by Crippen LogP contribution is 2.45. The summed E-state index contributed by atoms with van der Waals surface area (Å²) in [6.45, 7) is 16.1. The summed E-state index contributed by atoms with van der Waals surface area (Å²) >= 11 is 0. The van der Waals surface area contributed by atoms with E-state index >= 15 is 0 Å². The maximum atomic E-state index is 13.9. The molecule has 5 rings (SSSR count). The second-order valence-corrected chi connectivity index (χ2v) is 15.2. The van der Waals surface area contributed by atoms with E-state index in [1.807, 2.05) is 58.9 Å². The number of piperidine rings is 1. The minimum atomic E-state index is -1.20. The number of carboxylic acids is 1. The minimum absolute atomic E-state index is 0.181. The molecule has 2 heterocycles. The second-order valence-electron chi connectivity index (χ2n) is 15.2. The van der Waals surface area contributed by atoms with Gasteiger partial charge >= 0.3 is 5.97 Å². The highest BCUT2D eigenvalue weighted by atomic mass is 19.1. The average Bonchev–Trinajstić information content (AvgIpc) is 3.07. The summed E-state index contributed by atoms with van der Waals surface area (Å²) in [6.07, 6.45) is 0.728. The van der Waals surface area contributed by atoms with Crippen LogP contribution in [0.2, 0.25) is 0 Å². The van der Waals surface area contributed by atoms with Gasteiger partial charge in [-0.05, 0) is 99.9 Å². The van der Waals surface area contributed by atoms with Gasteiger partial charge < -0.3 is 24.4 Å². The van der Waals surface area contributed by atoms with E-state index in [1.165, 1.54) is 12.1 Å². The van der Waals surface area contributed by atoms with E-state index in [0.29, 0.717) is 29.1 Å². The summed E-state index contributed by atoms with van der Waals surface area (Å²) in [5.74, 6) is -0.990. The van der Waals surface area contributed by atoms with E-state index in [0.717, 1.165) is 59.6 Å². The number of anilines is 1. The van der Waals surface area contributed by atoms with Gasteiger partial charge in [0.1, 0.15) is 11.6 Å². The molecular weight excluding hydrogens is 645 g/mol. The molecular formula is C42H50FN3O5. The fraction of sp³-hybridized carbons (Fsp3) is 0.405. The molecule has 1 aliphatic heterocycles. The van der Waals surface area contributed by atoms with Crippen LogP contribution in [0.25, 0.3) is 11.1 Å². The highest BCUT2D eigenvalue weighted by molar-refractivity contribution is 5.94. The third-order valence-electron chi connectivity index (χ3n) is 9.48. The normalized spacial score (nSPS) is 15.0. The summed E-state index contributed by atoms with van der Waals surface area (Å²) in [7, 11) is 1.56. The predicted molar refractivity (Wildman–Crippen MR) is 199 cm³/mol. The van der Waals surface area contributed by atoms with Gasteiger partial charge in [0, 0.05) is 54.3 Å². The van der Waals surface area contributed by atoms with Crippen molar-refractivity contribution >= 4 is 17.6 Å². The number of carbonyl (C=O) groups is 2. The zero-order chi connectivity index (χ0) is 37.1. The van der Waals surface area contributed by atoms with Gasteiger partial charge in [-0.3, -0.25) is 9.78 Å². The van der Waals surface area contributed by atoms with Crippen LogP contribution in [0.15, 0.2) is 72.8 Å². The van der Waals surface area contributed by atoms with Crippen molar-refractivity contribution in [3.05, 3.63) is 112 Å². The molecule has 51 heavy (non-hydrogen) atoms. The Bertz CT molecular complexity index is 1860. The Hall–Kier alpha value is -4.76. The molecule has 1 saturated heterocycles. The number of benzene rings is 3. The third-order valence-corrected chi connectivity index (χ3v) is 9.48. The summed E-state index contributed by atoms with van der Waals surface area (Å²) < 4.78 is 25.3. The quantitative estimate of drug-likeness (QED) is 0.168. The zero-order valence-electron chi connectivity index (χ0n) is 31.0. The average molecular weight is 696 g/mol. The molecule has 1 unspecified atom stereocenters. The first kappa shape index (κ1) is 37.5. The van der Waals surface area contributed by atoms with E-state index < -0.39 is 17.7 Å². The van der Waals surface area contributed by atoms with Gasteiger partial charge in [-0.2, -0.15) is 0 Å². The van der Waals surface area contributed by atoms with Gasteiger partial charge in [-0.1, -0.05) is 56.3 Å². The van der Waals surface area contributed by atoms with Crippen molar-refractivity contribution in [2.75, 3.05) is 25.1 Å². The van der Waals surface area contributed by atoms with Crippen LogP contribution in [0.4, 0.5) is 10.1 Å². The van der Waals surface area contributed by atoms with E-state index in [1.54, 1.807) is 48.4 Å². The third kappa shape index (κ3) is 9.13. The number of rotatable bonds is 11. The Morgan fingerprint density at radius 2 is 1.53 bits per heavy atom. The van der Waals surface area contributed by atoms with E-state index in [2.05, 4.69) is 18.7 Å². The number of nitrogens with zero attached hydrogens (tertiary/aromatic N) is 3. The number of methoxy groups -OCH3 is 1. The first-order chi connectivity index (χ1) is 24.0. The van der Waals surface area contributed by atoms with Gasteiger partial charge in [0.25, 0.3) is 5.91 Å². The molecule has 1 amide bonds. The lowest BCUT2D eigenvalue weighted by Crippen LogP contribution is -2.39. The van der Waals surface area contributed by atoms with E-state index in [-0.39, 0.29) is 23.7 Å². The number of aromatic nitrogens is 1. The van der Waals surface area contributed by atoms with Crippen LogP contribution in [0.1, 0.15) is 92.0 Å². The molecule has 1 aromatic heterocycles. The van der Waals surface area contributed by atoms with Crippen molar-refractivity contribution in [1.82, 2.24) is 9.88 Å². The summed E-state index contributed by atoms with van der Waals surface area (Å²) in [5.41, 5.74) is 6.32. The first-order valence-electron chi connectivity index (χ1n) is 17.5. The minimum Gasteiger partial charge on any atom is -0.497 e. The molecule has 1 N–H and O–H groups in total. The van der Waals surface area contributed by atoms with Gasteiger partial charge in [-0.15, -0.1) is 0 Å². The van der Waals surface area contributed by atoms with E-state index in [9.17, 15) is 19.1 Å². The van der Waals surface area contributed by atoms with Crippen molar-refractivity contribution in [2.24, 2.45) is 5.41 Å². The van der Waals surface area contributed by atoms with Gasteiger partial charge in [0.15, 0.2) is 6.10 Å². The molecule has 1 aliphatic rings. The lowest BCUT2D eigenvalue weighted by molar-refractivity contribution is -0.160.